The lowest BCUT2D eigenvalue weighted by Gasteiger charge is -2.21. The number of nitrogens with zero attached hydrogens (tertiary/aromatic N) is 3. The number of anilines is 2. The van der Waals surface area contributed by atoms with Crippen LogP contribution in [-0.4, -0.2) is 51.3 Å². The highest BCUT2D eigenvalue weighted by Gasteiger charge is 2.17. The Balaban J connectivity index is 2.30. The van der Waals surface area contributed by atoms with Gasteiger partial charge < -0.3 is 26.2 Å². The third-order valence-electron chi connectivity index (χ3n) is 5.20. The number of hydrogen-bond acceptors (Lipinski definition) is 7. The number of nitrogens with one attached hydrogen (secondary N) is 1. The molecule has 1 aromatic heterocycles. The summed E-state index contributed by atoms with van der Waals surface area (Å²) in [6.45, 7) is 7.98. The highest BCUT2D eigenvalue weighted by atomic mass is 16.3. The maximum Gasteiger partial charge on any atom is 0.222 e. The van der Waals surface area contributed by atoms with Crippen molar-refractivity contribution < 1.29 is 10.2 Å². The summed E-state index contributed by atoms with van der Waals surface area (Å²) in [5, 5.41) is 23.4. The molecule has 7 nitrogen and oxygen atoms in total. The van der Waals surface area contributed by atoms with Gasteiger partial charge in [-0.2, -0.15) is 4.98 Å². The maximum atomic E-state index is 10.6. The molecule has 0 aliphatic carbocycles. The van der Waals surface area contributed by atoms with Crippen molar-refractivity contribution in [3.63, 3.8) is 0 Å². The number of hydrogen-bond donors (Lipinski definition) is 4. The largest absolute Gasteiger partial charge is 0.508 e. The first-order chi connectivity index (χ1) is 13.9. The monoisotopic (exact) mass is 401 g/mol. The highest BCUT2D eigenvalue weighted by molar-refractivity contribution is 5.53. The molecule has 0 spiro atoms. The molecule has 0 saturated carbocycles. The average molecular weight is 402 g/mol. The Hall–Kier alpha value is -2.38. The van der Waals surface area contributed by atoms with E-state index >= 15 is 0 Å². The van der Waals surface area contributed by atoms with Crippen LogP contribution in [-0.2, 0) is 13.0 Å². The van der Waals surface area contributed by atoms with E-state index in [1.807, 2.05) is 25.1 Å². The van der Waals surface area contributed by atoms with Crippen LogP contribution in [0.3, 0.4) is 0 Å². The third kappa shape index (κ3) is 6.58. The van der Waals surface area contributed by atoms with Crippen molar-refractivity contribution in [2.24, 2.45) is 0 Å². The number of nitrogens with two attached hydrogens (primary N) is 1. The molecule has 1 atom stereocenters. The van der Waals surface area contributed by atoms with Crippen LogP contribution in [0.5, 0.6) is 5.75 Å². The topological polar surface area (TPSA) is 108 Å². The predicted octanol–water partition coefficient (Wildman–Crippen LogP) is 3.08. The number of rotatable bonds is 11. The lowest BCUT2D eigenvalue weighted by molar-refractivity contribution is 0.276. The number of aromatic hydroxyl groups is 1. The SMILES string of the molecule is CCC[C@@H](CCO)Nc1nc(N)nc(C)c1Cc1ccc(CN(C)CC)cc1O. The Morgan fingerprint density at radius 2 is 1.97 bits per heavy atom. The van der Waals surface area contributed by atoms with Gasteiger partial charge in [-0.3, -0.25) is 0 Å². The van der Waals surface area contributed by atoms with Crippen molar-refractivity contribution in [1.29, 1.82) is 0 Å². The van der Waals surface area contributed by atoms with Crippen molar-refractivity contribution in [1.82, 2.24) is 14.9 Å². The van der Waals surface area contributed by atoms with E-state index in [1.165, 1.54) is 0 Å². The number of aryl methyl sites for hydroxylation is 1. The molecule has 0 fully saturated rings. The molecule has 0 radical (unpaired) electrons. The standard InChI is InChI=1S/C22H35N5O2/c1-5-7-18(10-11-28)25-21-19(15(3)24-22(23)26-21)13-17-9-8-16(12-20(17)29)14-27(4)6-2/h8-9,12,18,28-29H,5-7,10-11,13-14H2,1-4H3,(H3,23,24,25,26)/t18-/m0/s1. The summed E-state index contributed by atoms with van der Waals surface area (Å²) >= 11 is 0. The highest BCUT2D eigenvalue weighted by Crippen LogP contribution is 2.28. The fourth-order valence-electron chi connectivity index (χ4n) is 3.41. The molecule has 160 valence electrons. The van der Waals surface area contributed by atoms with Crippen LogP contribution >= 0.6 is 0 Å². The first kappa shape index (κ1) is 22.9. The van der Waals surface area contributed by atoms with E-state index < -0.39 is 0 Å². The molecule has 0 aliphatic heterocycles. The van der Waals surface area contributed by atoms with Gasteiger partial charge in [-0.25, -0.2) is 4.98 Å². The van der Waals surface area contributed by atoms with E-state index in [1.54, 1.807) is 0 Å². The second-order valence-corrected chi connectivity index (χ2v) is 7.61. The molecule has 7 heteroatoms. The van der Waals surface area contributed by atoms with Gasteiger partial charge in [0, 0.05) is 36.9 Å². The molecule has 0 unspecified atom stereocenters. The minimum atomic E-state index is 0.109. The van der Waals surface area contributed by atoms with Crippen molar-refractivity contribution >= 4 is 11.8 Å². The summed E-state index contributed by atoms with van der Waals surface area (Å²) in [4.78, 5) is 10.9. The van der Waals surface area contributed by atoms with E-state index in [4.69, 9.17) is 5.73 Å². The van der Waals surface area contributed by atoms with E-state index in [-0.39, 0.29) is 24.3 Å². The Labute approximate surface area is 174 Å². The van der Waals surface area contributed by atoms with Crippen molar-refractivity contribution in [3.8, 4) is 5.75 Å². The quantitative estimate of drug-likeness (QED) is 0.458. The van der Waals surface area contributed by atoms with Crippen LogP contribution in [0.2, 0.25) is 0 Å². The van der Waals surface area contributed by atoms with Gasteiger partial charge >= 0.3 is 0 Å². The first-order valence-electron chi connectivity index (χ1n) is 10.4. The van der Waals surface area contributed by atoms with Gasteiger partial charge in [-0.1, -0.05) is 32.4 Å². The molecule has 2 rings (SSSR count). The van der Waals surface area contributed by atoms with Gasteiger partial charge in [0.05, 0.1) is 0 Å². The summed E-state index contributed by atoms with van der Waals surface area (Å²) in [5.41, 5.74) is 9.48. The Bertz CT molecular complexity index is 791. The van der Waals surface area contributed by atoms with Gasteiger partial charge in [-0.05, 0) is 50.6 Å². The molecule has 1 heterocycles. The smallest absolute Gasteiger partial charge is 0.222 e. The van der Waals surface area contributed by atoms with Gasteiger partial charge in [-0.15, -0.1) is 0 Å². The molecular formula is C22H35N5O2. The Kier molecular flexibility index (Phi) is 8.67. The van der Waals surface area contributed by atoms with Crippen LogP contribution in [0.15, 0.2) is 18.2 Å². The molecule has 29 heavy (non-hydrogen) atoms. The summed E-state index contributed by atoms with van der Waals surface area (Å²) in [6.07, 6.45) is 3.07. The third-order valence-corrected chi connectivity index (χ3v) is 5.20. The van der Waals surface area contributed by atoms with E-state index in [0.29, 0.717) is 18.7 Å². The molecular weight excluding hydrogens is 366 g/mol. The molecule has 2 aromatic rings. The number of benzene rings is 1. The van der Waals surface area contributed by atoms with Crippen LogP contribution in [0.25, 0.3) is 0 Å². The molecule has 0 saturated heterocycles. The van der Waals surface area contributed by atoms with Crippen LogP contribution in [0, 0.1) is 6.92 Å². The molecule has 1 aromatic carbocycles. The maximum absolute atomic E-state index is 10.6. The second-order valence-electron chi connectivity index (χ2n) is 7.61. The number of aliphatic hydroxyl groups excluding tert-OH is 1. The lowest BCUT2D eigenvalue weighted by atomic mass is 10.0. The fourth-order valence-corrected chi connectivity index (χ4v) is 3.41. The summed E-state index contributed by atoms with van der Waals surface area (Å²) in [6, 6.07) is 5.95. The average Bonchev–Trinajstić information content (AvgIpc) is 2.66. The lowest BCUT2D eigenvalue weighted by Crippen LogP contribution is -2.23. The molecule has 5 N–H and O–H groups in total. The van der Waals surface area contributed by atoms with Gasteiger partial charge in [0.15, 0.2) is 0 Å². The first-order valence-corrected chi connectivity index (χ1v) is 10.4. The van der Waals surface area contributed by atoms with E-state index in [9.17, 15) is 10.2 Å². The van der Waals surface area contributed by atoms with Crippen LogP contribution < -0.4 is 11.1 Å². The Morgan fingerprint density at radius 3 is 2.59 bits per heavy atom. The zero-order valence-electron chi connectivity index (χ0n) is 18.1. The summed E-state index contributed by atoms with van der Waals surface area (Å²) in [5.74, 6) is 1.17. The van der Waals surface area contributed by atoms with Gasteiger partial charge in [0.1, 0.15) is 11.6 Å². The van der Waals surface area contributed by atoms with Gasteiger partial charge in [0.25, 0.3) is 0 Å². The van der Waals surface area contributed by atoms with Crippen LogP contribution in [0.1, 0.15) is 55.5 Å². The molecule has 0 amide bonds. The number of phenols is 1. The molecule has 0 aliphatic rings. The van der Waals surface area contributed by atoms with Crippen molar-refractivity contribution in [2.45, 2.75) is 59.0 Å². The van der Waals surface area contributed by atoms with E-state index in [2.05, 4.69) is 41.1 Å². The zero-order chi connectivity index (χ0) is 21.4. The minimum absolute atomic E-state index is 0.109. The number of aliphatic hydroxyl groups is 1. The number of nitrogen functional groups attached to an aromatic ring is 1. The van der Waals surface area contributed by atoms with Crippen molar-refractivity contribution in [3.05, 3.63) is 40.6 Å². The summed E-state index contributed by atoms with van der Waals surface area (Å²) < 4.78 is 0. The Morgan fingerprint density at radius 1 is 1.21 bits per heavy atom. The van der Waals surface area contributed by atoms with Crippen LogP contribution in [0.4, 0.5) is 11.8 Å². The predicted molar refractivity (Wildman–Crippen MR) is 118 cm³/mol. The van der Waals surface area contributed by atoms with Crippen molar-refractivity contribution in [2.75, 3.05) is 31.2 Å². The minimum Gasteiger partial charge on any atom is -0.508 e. The molecule has 0 bridgehead atoms. The van der Waals surface area contributed by atoms with Gasteiger partial charge in [0.2, 0.25) is 5.95 Å². The van der Waals surface area contributed by atoms with E-state index in [0.717, 1.165) is 48.3 Å². The number of phenolic OH excluding ortho intramolecular Hbond substituents is 1. The zero-order valence-corrected chi connectivity index (χ0v) is 18.1. The second kappa shape index (κ2) is 11.0. The normalized spacial score (nSPS) is 12.3. The summed E-state index contributed by atoms with van der Waals surface area (Å²) in [7, 11) is 2.05. The number of aromatic nitrogens is 2. The fraction of sp³-hybridized carbons (Fsp3) is 0.545.